The molecule has 0 unspecified atom stereocenters. The van der Waals surface area contributed by atoms with Crippen molar-refractivity contribution < 1.29 is 0 Å². The van der Waals surface area contributed by atoms with E-state index < -0.39 is 0 Å². The van der Waals surface area contributed by atoms with Crippen molar-refractivity contribution in [2.45, 2.75) is 6.92 Å². The van der Waals surface area contributed by atoms with Crippen molar-refractivity contribution in [1.82, 2.24) is 19.8 Å². The topological polar surface area (TPSA) is 43.1 Å². The van der Waals surface area contributed by atoms with Gasteiger partial charge in [0.15, 0.2) is 0 Å². The lowest BCUT2D eigenvalue weighted by atomic mass is 10.3. The van der Waals surface area contributed by atoms with Gasteiger partial charge in [-0.1, -0.05) is 0 Å². The lowest BCUT2D eigenvalue weighted by Gasteiger charge is -1.87. The summed E-state index contributed by atoms with van der Waals surface area (Å²) in [7, 11) is 0. The molecule has 0 fully saturated rings. The highest BCUT2D eigenvalue weighted by atomic mass is 15.4. The molecule has 10 heavy (non-hydrogen) atoms. The molecule has 0 aliphatic rings. The van der Waals surface area contributed by atoms with Crippen LogP contribution < -0.4 is 0 Å². The van der Waals surface area contributed by atoms with Gasteiger partial charge in [-0.3, -0.25) is 0 Å². The first-order valence-corrected chi connectivity index (χ1v) is 2.98. The van der Waals surface area contributed by atoms with E-state index >= 15 is 0 Å². The second-order valence-electron chi connectivity index (χ2n) is 2.11. The van der Waals surface area contributed by atoms with Crippen molar-refractivity contribution in [3.8, 4) is 0 Å². The van der Waals surface area contributed by atoms with E-state index in [1.807, 2.05) is 6.92 Å². The first-order chi connectivity index (χ1) is 4.88. The Morgan fingerprint density at radius 2 is 2.20 bits per heavy atom. The molecule has 0 aliphatic heterocycles. The van der Waals surface area contributed by atoms with Gasteiger partial charge in [-0.05, 0) is 12.5 Å². The average Bonchev–Trinajstić information content (AvgIpc) is 2.34. The molecular weight excluding hydrogens is 128 g/mol. The fraction of sp³-hybridized carbons (Fsp3) is 0.167. The van der Waals surface area contributed by atoms with Crippen molar-refractivity contribution in [2.75, 3.05) is 0 Å². The van der Waals surface area contributed by atoms with Crippen LogP contribution in [-0.2, 0) is 0 Å². The zero-order valence-electron chi connectivity index (χ0n) is 5.52. The van der Waals surface area contributed by atoms with Gasteiger partial charge < -0.3 is 0 Å². The normalized spacial score (nSPS) is 10.5. The Bertz CT molecular complexity index is 351. The third-order valence-electron chi connectivity index (χ3n) is 1.40. The Balaban J connectivity index is 2.93. The molecule has 2 rings (SSSR count). The van der Waals surface area contributed by atoms with Crippen molar-refractivity contribution in [3.63, 3.8) is 0 Å². The minimum Gasteiger partial charge on any atom is -0.241 e. The summed E-state index contributed by atoms with van der Waals surface area (Å²) in [6, 6.07) is 0. The van der Waals surface area contributed by atoms with Gasteiger partial charge >= 0.3 is 0 Å². The van der Waals surface area contributed by atoms with Crippen molar-refractivity contribution >= 4 is 5.52 Å². The fourth-order valence-electron chi connectivity index (χ4n) is 0.855. The Labute approximate surface area is 57.5 Å². The number of hydrogen-bond donors (Lipinski definition) is 0. The standard InChI is InChI=1S/C6H6N4/c1-5-2-8-10-6(5)3-7-4-9-10/h2-4H,1H3. The first-order valence-electron chi connectivity index (χ1n) is 2.98. The van der Waals surface area contributed by atoms with Crippen LogP contribution in [0.4, 0.5) is 0 Å². The molecule has 4 nitrogen and oxygen atoms in total. The minimum absolute atomic E-state index is 0.961. The number of rotatable bonds is 0. The number of fused-ring (bicyclic) bond motifs is 1. The summed E-state index contributed by atoms with van der Waals surface area (Å²) in [6.45, 7) is 1.98. The van der Waals surface area contributed by atoms with Crippen molar-refractivity contribution in [3.05, 3.63) is 24.3 Å². The Hall–Kier alpha value is -1.45. The second-order valence-corrected chi connectivity index (χ2v) is 2.11. The summed E-state index contributed by atoms with van der Waals surface area (Å²) in [4.78, 5) is 3.87. The Morgan fingerprint density at radius 3 is 3.00 bits per heavy atom. The second kappa shape index (κ2) is 1.76. The predicted molar refractivity (Wildman–Crippen MR) is 35.5 cm³/mol. The third-order valence-corrected chi connectivity index (χ3v) is 1.40. The fourth-order valence-corrected chi connectivity index (χ4v) is 0.855. The number of nitrogens with zero attached hydrogens (tertiary/aromatic N) is 4. The van der Waals surface area contributed by atoms with E-state index in [0.29, 0.717) is 0 Å². The molecule has 50 valence electrons. The molecule has 0 saturated heterocycles. The SMILES string of the molecule is Cc1cnn2ncncc12. The van der Waals surface area contributed by atoms with E-state index in [9.17, 15) is 0 Å². The van der Waals surface area contributed by atoms with Gasteiger partial charge in [0.25, 0.3) is 0 Å². The zero-order chi connectivity index (χ0) is 6.97. The monoisotopic (exact) mass is 134 g/mol. The summed E-state index contributed by atoms with van der Waals surface area (Å²) >= 11 is 0. The molecule has 0 aromatic carbocycles. The van der Waals surface area contributed by atoms with Gasteiger partial charge in [-0.25, -0.2) is 4.98 Å². The zero-order valence-corrected chi connectivity index (χ0v) is 5.52. The quantitative estimate of drug-likeness (QED) is 0.524. The Morgan fingerprint density at radius 1 is 1.30 bits per heavy atom. The lowest BCUT2D eigenvalue weighted by molar-refractivity contribution is 0.781. The molecule has 0 spiro atoms. The lowest BCUT2D eigenvalue weighted by Crippen LogP contribution is -1.92. The van der Waals surface area contributed by atoms with Crippen LogP contribution in [0.3, 0.4) is 0 Å². The van der Waals surface area contributed by atoms with Gasteiger partial charge in [-0.15, -0.1) is 9.73 Å². The molecule has 0 N–H and O–H groups in total. The highest BCUT2D eigenvalue weighted by Crippen LogP contribution is 2.03. The minimum atomic E-state index is 0.961. The summed E-state index contributed by atoms with van der Waals surface area (Å²) in [5.74, 6) is 0. The first kappa shape index (κ1) is 5.34. The molecule has 0 saturated carbocycles. The smallest absolute Gasteiger partial charge is 0.138 e. The molecule has 0 aliphatic carbocycles. The molecule has 2 heterocycles. The maximum atomic E-state index is 3.98. The van der Waals surface area contributed by atoms with Crippen LogP contribution in [-0.4, -0.2) is 19.8 Å². The number of hydrogen-bond acceptors (Lipinski definition) is 3. The predicted octanol–water partition coefficient (Wildman–Crippen LogP) is 0.433. The van der Waals surface area contributed by atoms with Crippen molar-refractivity contribution in [2.24, 2.45) is 0 Å². The van der Waals surface area contributed by atoms with Crippen LogP contribution in [0.2, 0.25) is 0 Å². The third kappa shape index (κ3) is 0.586. The summed E-state index contributed by atoms with van der Waals surface area (Å²) in [5, 5.41) is 7.88. The average molecular weight is 134 g/mol. The molecular formula is C6H6N4. The summed E-state index contributed by atoms with van der Waals surface area (Å²) in [6.07, 6.45) is 4.98. The van der Waals surface area contributed by atoms with Crippen LogP contribution in [0.1, 0.15) is 5.56 Å². The van der Waals surface area contributed by atoms with E-state index in [1.165, 1.54) is 6.33 Å². The van der Waals surface area contributed by atoms with E-state index in [0.717, 1.165) is 11.1 Å². The molecule has 0 atom stereocenters. The van der Waals surface area contributed by atoms with E-state index in [4.69, 9.17) is 0 Å². The van der Waals surface area contributed by atoms with E-state index in [1.54, 1.807) is 17.0 Å². The van der Waals surface area contributed by atoms with Gasteiger partial charge in [0.1, 0.15) is 11.8 Å². The van der Waals surface area contributed by atoms with Crippen LogP contribution in [0.5, 0.6) is 0 Å². The molecule has 0 amide bonds. The molecule has 2 aromatic heterocycles. The van der Waals surface area contributed by atoms with Gasteiger partial charge in [0.05, 0.1) is 12.4 Å². The Kier molecular flexibility index (Phi) is 0.943. The molecule has 2 aromatic rings. The van der Waals surface area contributed by atoms with Gasteiger partial charge in [0, 0.05) is 0 Å². The highest BCUT2D eigenvalue weighted by molar-refractivity contribution is 5.49. The summed E-state index contributed by atoms with van der Waals surface area (Å²) < 4.78 is 1.56. The highest BCUT2D eigenvalue weighted by Gasteiger charge is 1.96. The molecule has 0 bridgehead atoms. The van der Waals surface area contributed by atoms with E-state index in [-0.39, 0.29) is 0 Å². The maximum Gasteiger partial charge on any atom is 0.138 e. The maximum absolute atomic E-state index is 3.98. The van der Waals surface area contributed by atoms with Crippen LogP contribution in [0, 0.1) is 6.92 Å². The van der Waals surface area contributed by atoms with Gasteiger partial charge in [0.2, 0.25) is 0 Å². The largest absolute Gasteiger partial charge is 0.241 e. The number of aryl methyl sites for hydroxylation is 1. The van der Waals surface area contributed by atoms with Crippen LogP contribution in [0.15, 0.2) is 18.7 Å². The van der Waals surface area contributed by atoms with Crippen molar-refractivity contribution in [1.29, 1.82) is 0 Å². The van der Waals surface area contributed by atoms with E-state index in [2.05, 4.69) is 15.2 Å². The summed E-state index contributed by atoms with van der Waals surface area (Å²) in [5.41, 5.74) is 2.06. The van der Waals surface area contributed by atoms with Gasteiger partial charge in [-0.2, -0.15) is 5.10 Å². The van der Waals surface area contributed by atoms with Crippen LogP contribution in [0.25, 0.3) is 5.52 Å². The number of aromatic nitrogens is 4. The van der Waals surface area contributed by atoms with Crippen LogP contribution >= 0.6 is 0 Å². The molecule has 4 heteroatoms. The molecule has 0 radical (unpaired) electrons.